The second-order valence-electron chi connectivity index (χ2n) is 13.7. The SMILES string of the molecule is CCCCCCCCCCCCCC(=O)OC1CC(NC(=O)CCC(=O)O)CC(OC(=O)CCCCCCCCCCCCC)C1. The van der Waals surface area contributed by atoms with E-state index in [2.05, 4.69) is 19.2 Å². The molecule has 1 saturated carbocycles. The van der Waals surface area contributed by atoms with Crippen molar-refractivity contribution < 1.29 is 33.8 Å². The van der Waals surface area contributed by atoms with E-state index in [1.807, 2.05) is 0 Å². The van der Waals surface area contributed by atoms with Crippen LogP contribution in [0.2, 0.25) is 0 Å². The fraction of sp³-hybridized carbons (Fsp3) is 0.895. The van der Waals surface area contributed by atoms with Crippen LogP contribution in [0.1, 0.15) is 200 Å². The zero-order valence-corrected chi connectivity index (χ0v) is 29.6. The second-order valence-corrected chi connectivity index (χ2v) is 13.7. The van der Waals surface area contributed by atoms with Gasteiger partial charge in [-0.1, -0.05) is 142 Å². The van der Waals surface area contributed by atoms with E-state index < -0.39 is 18.2 Å². The van der Waals surface area contributed by atoms with Gasteiger partial charge >= 0.3 is 17.9 Å². The largest absolute Gasteiger partial charge is 0.481 e. The molecule has 0 aromatic heterocycles. The Morgan fingerprint density at radius 3 is 1.20 bits per heavy atom. The van der Waals surface area contributed by atoms with Crippen LogP contribution in [0.5, 0.6) is 0 Å². The number of hydrogen-bond acceptors (Lipinski definition) is 6. The van der Waals surface area contributed by atoms with Crippen LogP contribution >= 0.6 is 0 Å². The summed E-state index contributed by atoms with van der Waals surface area (Å²) < 4.78 is 11.6. The van der Waals surface area contributed by atoms with Crippen LogP contribution in [0, 0.1) is 0 Å². The summed E-state index contributed by atoms with van der Waals surface area (Å²) in [5, 5.41) is 11.8. The number of nitrogens with one attached hydrogen (secondary N) is 1. The van der Waals surface area contributed by atoms with Crippen molar-refractivity contribution in [2.75, 3.05) is 0 Å². The smallest absolute Gasteiger partial charge is 0.306 e. The molecule has 2 N–H and O–H groups in total. The zero-order chi connectivity index (χ0) is 33.7. The second kappa shape index (κ2) is 29.1. The van der Waals surface area contributed by atoms with Gasteiger partial charge in [-0.25, -0.2) is 0 Å². The zero-order valence-electron chi connectivity index (χ0n) is 29.6. The summed E-state index contributed by atoms with van der Waals surface area (Å²) in [6.07, 6.45) is 27.5. The van der Waals surface area contributed by atoms with Crippen molar-refractivity contribution in [3.63, 3.8) is 0 Å². The lowest BCUT2D eigenvalue weighted by Crippen LogP contribution is -2.46. The van der Waals surface area contributed by atoms with Crippen LogP contribution in [0.25, 0.3) is 0 Å². The molecule has 0 aromatic carbocycles. The van der Waals surface area contributed by atoms with E-state index in [1.54, 1.807) is 0 Å². The van der Waals surface area contributed by atoms with Gasteiger partial charge in [0.25, 0.3) is 0 Å². The molecule has 1 aliphatic carbocycles. The van der Waals surface area contributed by atoms with Crippen LogP contribution in [0.3, 0.4) is 0 Å². The quantitative estimate of drug-likeness (QED) is 0.0586. The highest BCUT2D eigenvalue weighted by atomic mass is 16.6. The van der Waals surface area contributed by atoms with Crippen LogP contribution in [0.4, 0.5) is 0 Å². The van der Waals surface area contributed by atoms with Crippen molar-refractivity contribution in [3.8, 4) is 0 Å². The molecular weight excluding hydrogens is 582 g/mol. The predicted molar refractivity (Wildman–Crippen MR) is 185 cm³/mol. The first kappa shape index (κ1) is 41.9. The summed E-state index contributed by atoms with van der Waals surface area (Å²) in [5.74, 6) is -1.87. The molecule has 0 aliphatic heterocycles. The topological polar surface area (TPSA) is 119 Å². The number of ether oxygens (including phenoxy) is 2. The molecule has 0 bridgehead atoms. The normalized spacial score (nSPS) is 17.8. The average Bonchev–Trinajstić information content (AvgIpc) is 3.01. The lowest BCUT2D eigenvalue weighted by molar-refractivity contribution is -0.160. The molecule has 0 radical (unpaired) electrons. The van der Waals surface area contributed by atoms with Crippen molar-refractivity contribution in [2.45, 2.75) is 218 Å². The number of carboxylic acids is 1. The van der Waals surface area contributed by atoms with Crippen LogP contribution in [-0.4, -0.2) is 47.2 Å². The van der Waals surface area contributed by atoms with Crippen molar-refractivity contribution in [1.29, 1.82) is 0 Å². The molecule has 46 heavy (non-hydrogen) atoms. The van der Waals surface area contributed by atoms with Crippen molar-refractivity contribution in [2.24, 2.45) is 0 Å². The third kappa shape index (κ3) is 25.0. The summed E-state index contributed by atoms with van der Waals surface area (Å²) in [4.78, 5) is 48.5. The predicted octanol–water partition coefficient (Wildman–Crippen LogP) is 9.75. The summed E-state index contributed by atoms with van der Waals surface area (Å²) in [6.45, 7) is 4.48. The minimum Gasteiger partial charge on any atom is -0.481 e. The van der Waals surface area contributed by atoms with E-state index in [9.17, 15) is 19.2 Å². The maximum Gasteiger partial charge on any atom is 0.306 e. The number of carbonyl (C=O) groups excluding carboxylic acids is 3. The van der Waals surface area contributed by atoms with E-state index in [4.69, 9.17) is 14.6 Å². The monoisotopic (exact) mass is 652 g/mol. The number of rotatable bonds is 30. The van der Waals surface area contributed by atoms with Gasteiger partial charge in [0.15, 0.2) is 0 Å². The highest BCUT2D eigenvalue weighted by molar-refractivity contribution is 5.80. The number of hydrogen-bond donors (Lipinski definition) is 2. The molecule has 1 rings (SSSR count). The van der Waals surface area contributed by atoms with Gasteiger partial charge in [-0.05, 0) is 12.8 Å². The number of carbonyl (C=O) groups is 4. The van der Waals surface area contributed by atoms with Gasteiger partial charge in [-0.2, -0.15) is 0 Å². The minimum atomic E-state index is -1.03. The Labute approximate surface area is 280 Å². The number of aliphatic carboxylic acids is 1. The van der Waals surface area contributed by atoms with Crippen LogP contribution in [0.15, 0.2) is 0 Å². The van der Waals surface area contributed by atoms with Gasteiger partial charge in [-0.15, -0.1) is 0 Å². The first-order valence-electron chi connectivity index (χ1n) is 19.2. The van der Waals surface area contributed by atoms with Crippen molar-refractivity contribution in [1.82, 2.24) is 5.32 Å². The Kier molecular flexibility index (Phi) is 26.5. The number of amides is 1. The van der Waals surface area contributed by atoms with Gasteiger partial charge in [-0.3, -0.25) is 19.2 Å². The summed E-state index contributed by atoms with van der Waals surface area (Å²) >= 11 is 0. The fourth-order valence-electron chi connectivity index (χ4n) is 6.40. The van der Waals surface area contributed by atoms with Gasteiger partial charge in [0.05, 0.1) is 6.42 Å². The number of unbranched alkanes of at least 4 members (excludes halogenated alkanes) is 20. The third-order valence-corrected chi connectivity index (χ3v) is 9.12. The molecule has 1 aliphatic rings. The molecule has 1 fully saturated rings. The van der Waals surface area contributed by atoms with E-state index in [-0.39, 0.29) is 36.7 Å². The first-order valence-corrected chi connectivity index (χ1v) is 19.2. The van der Waals surface area contributed by atoms with E-state index in [0.717, 1.165) is 38.5 Å². The Bertz CT molecular complexity index is 754. The molecule has 0 aromatic rings. The van der Waals surface area contributed by atoms with Gasteiger partial charge in [0, 0.05) is 44.6 Å². The van der Waals surface area contributed by atoms with Gasteiger partial charge in [0.2, 0.25) is 5.91 Å². The van der Waals surface area contributed by atoms with Crippen molar-refractivity contribution in [3.05, 3.63) is 0 Å². The number of esters is 2. The molecule has 268 valence electrons. The lowest BCUT2D eigenvalue weighted by Gasteiger charge is -2.34. The molecule has 8 nitrogen and oxygen atoms in total. The molecule has 1 amide bonds. The molecule has 0 heterocycles. The van der Waals surface area contributed by atoms with E-state index >= 15 is 0 Å². The summed E-state index contributed by atoms with van der Waals surface area (Å²) in [6, 6.07) is -0.338. The van der Waals surface area contributed by atoms with Crippen molar-refractivity contribution >= 4 is 23.8 Å². The molecule has 0 spiro atoms. The fourth-order valence-corrected chi connectivity index (χ4v) is 6.40. The maximum absolute atomic E-state index is 12.7. The van der Waals surface area contributed by atoms with E-state index in [1.165, 1.54) is 103 Å². The Hall–Kier alpha value is -2.12. The lowest BCUT2D eigenvalue weighted by atomic mass is 9.90. The van der Waals surface area contributed by atoms with Gasteiger partial charge in [0.1, 0.15) is 12.2 Å². The molecule has 2 unspecified atom stereocenters. The van der Waals surface area contributed by atoms with E-state index in [0.29, 0.717) is 32.1 Å². The molecule has 8 heteroatoms. The maximum atomic E-state index is 12.7. The number of carboxylic acid groups (broad SMARTS) is 1. The standard InChI is InChI=1S/C38H69NO7/c1-3-5-7-9-11-13-15-17-19-21-23-25-37(43)45-33-29-32(39-35(40)27-28-36(41)42)30-34(31-33)46-38(44)26-24-22-20-18-16-14-12-10-8-6-4-2/h32-34H,3-31H2,1-2H3,(H,39,40)(H,41,42). The Morgan fingerprint density at radius 2 is 0.848 bits per heavy atom. The first-order chi connectivity index (χ1) is 22.3. The average molecular weight is 652 g/mol. The van der Waals surface area contributed by atoms with Crippen LogP contribution in [-0.2, 0) is 28.7 Å². The molecular formula is C38H69NO7. The highest BCUT2D eigenvalue weighted by Crippen LogP contribution is 2.26. The van der Waals surface area contributed by atoms with Gasteiger partial charge < -0.3 is 19.9 Å². The Morgan fingerprint density at radius 1 is 0.500 bits per heavy atom. The summed E-state index contributed by atoms with van der Waals surface area (Å²) in [5.41, 5.74) is 0. The highest BCUT2D eigenvalue weighted by Gasteiger charge is 2.34. The van der Waals surface area contributed by atoms with Crippen LogP contribution < -0.4 is 5.32 Å². The minimum absolute atomic E-state index is 0.113. The third-order valence-electron chi connectivity index (χ3n) is 9.12. The summed E-state index contributed by atoms with van der Waals surface area (Å²) in [7, 11) is 0. The molecule has 2 atom stereocenters. The Balaban J connectivity index is 2.37. The molecule has 0 saturated heterocycles.